The molecule has 3 rings (SSSR count). The van der Waals surface area contributed by atoms with Gasteiger partial charge in [0, 0.05) is 25.7 Å². The Kier molecular flexibility index (Phi) is 8.26. The number of benzene rings is 2. The molecule has 8 heteroatoms. The number of sulfonamides is 1. The standard InChI is InChI=1S/C25H33N3O4S/c1-18-11-12-20(3)23(16-18)33(31,32)28-15-7-6-10-22(28)13-14-26-24(29)25(30)27-17-21-9-5-4-8-19(21)2/h4-5,8-9,11-12,16,22H,6-7,10,13-15,17H2,1-3H3,(H,26,29)(H,27,30)/t22-/m1/s1. The van der Waals surface area contributed by atoms with Gasteiger partial charge in [0.15, 0.2) is 0 Å². The summed E-state index contributed by atoms with van der Waals surface area (Å²) in [5, 5.41) is 5.28. The average Bonchev–Trinajstić information content (AvgIpc) is 2.80. The molecule has 1 saturated heterocycles. The smallest absolute Gasteiger partial charge is 0.309 e. The van der Waals surface area contributed by atoms with Crippen LogP contribution >= 0.6 is 0 Å². The number of nitrogens with zero attached hydrogens (tertiary/aromatic N) is 1. The van der Waals surface area contributed by atoms with Gasteiger partial charge < -0.3 is 10.6 Å². The quantitative estimate of drug-likeness (QED) is 0.607. The largest absolute Gasteiger partial charge is 0.348 e. The fourth-order valence-corrected chi connectivity index (χ4v) is 6.22. The highest BCUT2D eigenvalue weighted by Crippen LogP contribution is 2.29. The monoisotopic (exact) mass is 471 g/mol. The fraction of sp³-hybridized carbons (Fsp3) is 0.440. The van der Waals surface area contributed by atoms with Gasteiger partial charge in [-0.15, -0.1) is 0 Å². The first kappa shape index (κ1) is 24.9. The van der Waals surface area contributed by atoms with Gasteiger partial charge in [-0.3, -0.25) is 9.59 Å². The van der Waals surface area contributed by atoms with Gasteiger partial charge in [-0.05, 0) is 68.4 Å². The molecule has 0 unspecified atom stereocenters. The van der Waals surface area contributed by atoms with E-state index in [-0.39, 0.29) is 19.1 Å². The normalized spacial score (nSPS) is 16.9. The molecule has 0 bridgehead atoms. The molecule has 33 heavy (non-hydrogen) atoms. The molecule has 1 aliphatic heterocycles. The van der Waals surface area contributed by atoms with Crippen molar-refractivity contribution in [2.75, 3.05) is 13.1 Å². The van der Waals surface area contributed by atoms with Crippen molar-refractivity contribution in [2.45, 2.75) is 63.9 Å². The molecule has 0 aromatic heterocycles. The van der Waals surface area contributed by atoms with Crippen molar-refractivity contribution >= 4 is 21.8 Å². The summed E-state index contributed by atoms with van der Waals surface area (Å²) in [4.78, 5) is 24.7. The van der Waals surface area contributed by atoms with Gasteiger partial charge in [-0.25, -0.2) is 8.42 Å². The first-order valence-electron chi connectivity index (χ1n) is 11.4. The third-order valence-electron chi connectivity index (χ3n) is 6.17. The van der Waals surface area contributed by atoms with E-state index >= 15 is 0 Å². The summed E-state index contributed by atoms with van der Waals surface area (Å²) < 4.78 is 28.4. The zero-order valence-corrected chi connectivity index (χ0v) is 20.4. The summed E-state index contributed by atoms with van der Waals surface area (Å²) in [6, 6.07) is 12.9. The van der Waals surface area contributed by atoms with Gasteiger partial charge in [-0.1, -0.05) is 42.8 Å². The fourth-order valence-electron chi connectivity index (χ4n) is 4.19. The molecule has 0 spiro atoms. The van der Waals surface area contributed by atoms with Crippen LogP contribution in [0.2, 0.25) is 0 Å². The molecule has 2 aromatic rings. The van der Waals surface area contributed by atoms with Crippen molar-refractivity contribution in [2.24, 2.45) is 0 Å². The molecule has 1 fully saturated rings. The lowest BCUT2D eigenvalue weighted by atomic mass is 10.0. The Bertz CT molecular complexity index is 1110. The third-order valence-corrected chi connectivity index (χ3v) is 8.27. The van der Waals surface area contributed by atoms with Crippen molar-refractivity contribution in [1.29, 1.82) is 0 Å². The Morgan fingerprint density at radius 1 is 0.970 bits per heavy atom. The first-order valence-corrected chi connectivity index (χ1v) is 12.8. The van der Waals surface area contributed by atoms with Gasteiger partial charge in [0.25, 0.3) is 0 Å². The average molecular weight is 472 g/mol. The minimum atomic E-state index is -3.63. The number of amides is 2. The number of rotatable bonds is 7. The molecular formula is C25H33N3O4S. The zero-order chi connectivity index (χ0) is 24.0. The molecule has 2 aromatic carbocycles. The molecule has 0 aliphatic carbocycles. The first-order chi connectivity index (χ1) is 15.7. The molecule has 1 atom stereocenters. The number of nitrogens with one attached hydrogen (secondary N) is 2. The van der Waals surface area contributed by atoms with Crippen LogP contribution in [-0.4, -0.2) is 43.7 Å². The van der Waals surface area contributed by atoms with Crippen molar-refractivity contribution in [3.63, 3.8) is 0 Å². The highest BCUT2D eigenvalue weighted by molar-refractivity contribution is 7.89. The molecule has 0 radical (unpaired) electrons. The molecule has 1 aliphatic rings. The van der Waals surface area contributed by atoms with Crippen LogP contribution in [0.1, 0.15) is 47.9 Å². The second-order valence-electron chi connectivity index (χ2n) is 8.69. The number of aryl methyl sites for hydroxylation is 3. The van der Waals surface area contributed by atoms with Crippen LogP contribution < -0.4 is 10.6 Å². The van der Waals surface area contributed by atoms with Crippen molar-refractivity contribution in [1.82, 2.24) is 14.9 Å². The maximum absolute atomic E-state index is 13.4. The van der Waals surface area contributed by atoms with Gasteiger partial charge in [0.2, 0.25) is 10.0 Å². The number of hydrogen-bond donors (Lipinski definition) is 2. The molecule has 1 heterocycles. The van der Waals surface area contributed by atoms with E-state index in [1.807, 2.05) is 50.2 Å². The second kappa shape index (κ2) is 10.9. The zero-order valence-electron chi connectivity index (χ0n) is 19.6. The van der Waals surface area contributed by atoms with E-state index < -0.39 is 21.8 Å². The summed E-state index contributed by atoms with van der Waals surface area (Å²) in [6.07, 6.45) is 2.95. The van der Waals surface area contributed by atoms with Crippen molar-refractivity contribution in [3.05, 3.63) is 64.7 Å². The Balaban J connectivity index is 1.57. The maximum atomic E-state index is 13.4. The number of piperidine rings is 1. The van der Waals surface area contributed by atoms with Crippen LogP contribution in [0.25, 0.3) is 0 Å². The summed E-state index contributed by atoms with van der Waals surface area (Å²) in [7, 11) is -3.63. The van der Waals surface area contributed by atoms with Crippen molar-refractivity contribution in [3.8, 4) is 0 Å². The molecule has 0 saturated carbocycles. The Morgan fingerprint density at radius 3 is 2.45 bits per heavy atom. The SMILES string of the molecule is Cc1ccc(C)c(S(=O)(=O)N2CCCC[C@@H]2CCNC(=O)C(=O)NCc2ccccc2C)c1. The predicted octanol–water partition coefficient (Wildman–Crippen LogP) is 2.98. The minimum Gasteiger partial charge on any atom is -0.348 e. The van der Waals surface area contributed by atoms with Gasteiger partial charge in [0.05, 0.1) is 4.90 Å². The summed E-state index contributed by atoms with van der Waals surface area (Å²) in [6.45, 7) is 6.62. The van der Waals surface area contributed by atoms with E-state index in [0.717, 1.165) is 41.5 Å². The van der Waals surface area contributed by atoms with Gasteiger partial charge in [0.1, 0.15) is 0 Å². The number of carbonyl (C=O) groups excluding carboxylic acids is 2. The highest BCUT2D eigenvalue weighted by atomic mass is 32.2. The van der Waals surface area contributed by atoms with E-state index in [9.17, 15) is 18.0 Å². The van der Waals surface area contributed by atoms with Gasteiger partial charge in [-0.2, -0.15) is 4.31 Å². The van der Waals surface area contributed by atoms with E-state index in [4.69, 9.17) is 0 Å². The van der Waals surface area contributed by atoms with Crippen LogP contribution in [0.15, 0.2) is 47.4 Å². The summed E-state index contributed by atoms with van der Waals surface area (Å²) in [5.74, 6) is -1.40. The van der Waals surface area contributed by atoms with Crippen molar-refractivity contribution < 1.29 is 18.0 Å². The topological polar surface area (TPSA) is 95.6 Å². The molecule has 2 N–H and O–H groups in total. The predicted molar refractivity (Wildman–Crippen MR) is 128 cm³/mol. The Hall–Kier alpha value is -2.71. The van der Waals surface area contributed by atoms with Gasteiger partial charge >= 0.3 is 11.8 Å². The number of hydrogen-bond acceptors (Lipinski definition) is 4. The number of carbonyl (C=O) groups is 2. The van der Waals surface area contributed by atoms with E-state index in [1.165, 1.54) is 0 Å². The van der Waals surface area contributed by atoms with Crippen LogP contribution in [-0.2, 0) is 26.2 Å². The molecule has 178 valence electrons. The summed E-state index contributed by atoms with van der Waals surface area (Å²) >= 11 is 0. The Labute approximate surface area is 196 Å². The third kappa shape index (κ3) is 6.21. The minimum absolute atomic E-state index is 0.209. The molecule has 7 nitrogen and oxygen atoms in total. The molecule has 2 amide bonds. The van der Waals surface area contributed by atoms with Crippen LogP contribution in [0.3, 0.4) is 0 Å². The van der Waals surface area contributed by atoms with E-state index in [0.29, 0.717) is 17.9 Å². The van der Waals surface area contributed by atoms with Crippen LogP contribution in [0.4, 0.5) is 0 Å². The lowest BCUT2D eigenvalue weighted by Crippen LogP contribution is -2.46. The van der Waals surface area contributed by atoms with E-state index in [2.05, 4.69) is 10.6 Å². The highest BCUT2D eigenvalue weighted by Gasteiger charge is 2.34. The van der Waals surface area contributed by atoms with E-state index in [1.54, 1.807) is 17.3 Å². The second-order valence-corrected chi connectivity index (χ2v) is 10.5. The maximum Gasteiger partial charge on any atom is 0.309 e. The lowest BCUT2D eigenvalue weighted by Gasteiger charge is -2.35. The van der Waals surface area contributed by atoms with Crippen LogP contribution in [0.5, 0.6) is 0 Å². The molecular weight excluding hydrogens is 438 g/mol. The Morgan fingerprint density at radius 2 is 1.70 bits per heavy atom. The summed E-state index contributed by atoms with van der Waals surface area (Å²) in [5.41, 5.74) is 3.62. The van der Waals surface area contributed by atoms with Crippen LogP contribution in [0, 0.1) is 20.8 Å². The lowest BCUT2D eigenvalue weighted by molar-refractivity contribution is -0.139.